The molecule has 7 nitrogen and oxygen atoms in total. The van der Waals surface area contributed by atoms with E-state index in [4.69, 9.17) is 0 Å². The Morgan fingerprint density at radius 2 is 2.00 bits per heavy atom. The second kappa shape index (κ2) is 8.05. The molecule has 2 aromatic heterocycles. The number of hydrogen-bond acceptors (Lipinski definition) is 6. The van der Waals surface area contributed by atoms with Gasteiger partial charge in [0.1, 0.15) is 0 Å². The summed E-state index contributed by atoms with van der Waals surface area (Å²) in [5.41, 5.74) is 1.14. The van der Waals surface area contributed by atoms with Crippen LogP contribution in [0.1, 0.15) is 10.7 Å². The predicted octanol–water partition coefficient (Wildman–Crippen LogP) is 1.18. The van der Waals surface area contributed by atoms with E-state index in [0.29, 0.717) is 0 Å². The maximum absolute atomic E-state index is 4.49. The quantitative estimate of drug-likeness (QED) is 0.663. The second-order valence-corrected chi connectivity index (χ2v) is 6.67. The zero-order valence-electron chi connectivity index (χ0n) is 14.1. The van der Waals surface area contributed by atoms with Crippen molar-refractivity contribution in [3.63, 3.8) is 0 Å². The van der Waals surface area contributed by atoms with Crippen LogP contribution in [-0.4, -0.2) is 65.6 Å². The third kappa shape index (κ3) is 4.19. The molecule has 0 atom stereocenters. The van der Waals surface area contributed by atoms with Gasteiger partial charge in [-0.05, 0) is 13.0 Å². The number of aromatic nitrogens is 3. The molecule has 1 N–H and O–H groups in total. The highest BCUT2D eigenvalue weighted by atomic mass is 32.1. The largest absolute Gasteiger partial charge is 0.356 e. The minimum Gasteiger partial charge on any atom is -0.356 e. The van der Waals surface area contributed by atoms with Gasteiger partial charge in [-0.1, -0.05) is 0 Å². The summed E-state index contributed by atoms with van der Waals surface area (Å²) in [6.45, 7) is 6.50. The van der Waals surface area contributed by atoms with Crippen LogP contribution in [0.15, 0.2) is 28.8 Å². The minimum atomic E-state index is 0.805. The Kier molecular flexibility index (Phi) is 5.58. The highest BCUT2D eigenvalue weighted by Gasteiger charge is 2.20. The van der Waals surface area contributed by atoms with E-state index in [1.807, 2.05) is 20.0 Å². The van der Waals surface area contributed by atoms with E-state index in [1.165, 1.54) is 0 Å². The fourth-order valence-corrected chi connectivity index (χ4v) is 3.38. The monoisotopic (exact) mass is 345 g/mol. The first-order valence-corrected chi connectivity index (χ1v) is 9.03. The Balaban J connectivity index is 1.47. The molecule has 1 aliphatic heterocycles. The van der Waals surface area contributed by atoms with Gasteiger partial charge < -0.3 is 15.1 Å². The summed E-state index contributed by atoms with van der Waals surface area (Å²) in [6, 6.07) is 1.84. The molecule has 8 heteroatoms. The molecule has 0 unspecified atom stereocenters. The number of piperazine rings is 1. The third-order valence-corrected chi connectivity index (χ3v) is 4.78. The zero-order valence-corrected chi connectivity index (χ0v) is 15.0. The van der Waals surface area contributed by atoms with Crippen molar-refractivity contribution in [2.24, 2.45) is 4.99 Å². The van der Waals surface area contributed by atoms with Crippen molar-refractivity contribution >= 4 is 23.2 Å². The van der Waals surface area contributed by atoms with E-state index >= 15 is 0 Å². The van der Waals surface area contributed by atoms with Gasteiger partial charge in [0.25, 0.3) is 0 Å². The normalized spacial score (nSPS) is 15.7. The van der Waals surface area contributed by atoms with E-state index in [0.717, 1.165) is 61.8 Å². The molecule has 0 saturated carbocycles. The van der Waals surface area contributed by atoms with Crippen LogP contribution in [0, 0.1) is 6.92 Å². The number of aliphatic imine (C=N–C) groups is 1. The van der Waals surface area contributed by atoms with Gasteiger partial charge in [0.05, 0.1) is 10.7 Å². The van der Waals surface area contributed by atoms with E-state index in [9.17, 15) is 0 Å². The molecule has 0 spiro atoms. The first-order chi connectivity index (χ1) is 11.8. The number of hydrogen-bond donors (Lipinski definition) is 1. The molecular formula is C16H23N7S. The van der Waals surface area contributed by atoms with Crippen LogP contribution in [0.2, 0.25) is 0 Å². The lowest BCUT2D eigenvalue weighted by atomic mass is 10.3. The fraction of sp³-hybridized carbons (Fsp3) is 0.500. The molecule has 1 saturated heterocycles. The maximum Gasteiger partial charge on any atom is 0.225 e. The van der Waals surface area contributed by atoms with E-state index in [2.05, 4.69) is 40.4 Å². The van der Waals surface area contributed by atoms with Crippen molar-refractivity contribution in [2.45, 2.75) is 13.3 Å². The number of aryl methyl sites for hydroxylation is 1. The number of rotatable bonds is 4. The topological polar surface area (TPSA) is 69.5 Å². The van der Waals surface area contributed by atoms with Gasteiger partial charge in [0, 0.05) is 64.0 Å². The molecule has 0 amide bonds. The number of nitrogens with zero attached hydrogens (tertiary/aromatic N) is 6. The molecule has 0 aromatic carbocycles. The summed E-state index contributed by atoms with van der Waals surface area (Å²) in [6.07, 6.45) is 4.49. The van der Waals surface area contributed by atoms with Crippen LogP contribution in [0.5, 0.6) is 0 Å². The van der Waals surface area contributed by atoms with Gasteiger partial charge >= 0.3 is 0 Å². The molecular weight excluding hydrogens is 322 g/mol. The Bertz CT molecular complexity index is 662. The maximum atomic E-state index is 4.49. The Labute approximate surface area is 146 Å². The van der Waals surface area contributed by atoms with Crippen molar-refractivity contribution in [3.05, 3.63) is 34.5 Å². The van der Waals surface area contributed by atoms with Gasteiger partial charge in [0.15, 0.2) is 5.96 Å². The number of guanidine groups is 1. The van der Waals surface area contributed by atoms with E-state index in [1.54, 1.807) is 23.7 Å². The lowest BCUT2D eigenvalue weighted by Crippen LogP contribution is -2.53. The average molecular weight is 345 g/mol. The van der Waals surface area contributed by atoms with Crippen LogP contribution < -0.4 is 10.2 Å². The van der Waals surface area contributed by atoms with Gasteiger partial charge in [0.2, 0.25) is 5.95 Å². The molecule has 0 aliphatic carbocycles. The molecule has 1 aliphatic rings. The van der Waals surface area contributed by atoms with Crippen LogP contribution in [0.4, 0.5) is 5.95 Å². The Morgan fingerprint density at radius 1 is 1.25 bits per heavy atom. The lowest BCUT2D eigenvalue weighted by molar-refractivity contribution is 0.370. The predicted molar refractivity (Wildman–Crippen MR) is 97.7 cm³/mol. The van der Waals surface area contributed by atoms with Gasteiger partial charge in [-0.25, -0.2) is 15.0 Å². The molecule has 3 rings (SSSR count). The molecule has 2 aromatic rings. The van der Waals surface area contributed by atoms with Crippen molar-refractivity contribution < 1.29 is 0 Å². The summed E-state index contributed by atoms with van der Waals surface area (Å²) in [5, 5.41) is 6.68. The molecule has 0 radical (unpaired) electrons. The number of thiazole rings is 1. The summed E-state index contributed by atoms with van der Waals surface area (Å²) in [5.74, 6) is 1.76. The summed E-state index contributed by atoms with van der Waals surface area (Å²) < 4.78 is 0. The van der Waals surface area contributed by atoms with Crippen LogP contribution >= 0.6 is 11.3 Å². The van der Waals surface area contributed by atoms with Crippen molar-refractivity contribution in [2.75, 3.05) is 44.7 Å². The van der Waals surface area contributed by atoms with Crippen molar-refractivity contribution in [1.82, 2.24) is 25.2 Å². The molecule has 128 valence electrons. The second-order valence-electron chi connectivity index (χ2n) is 5.60. The molecule has 0 bridgehead atoms. The summed E-state index contributed by atoms with van der Waals surface area (Å²) in [7, 11) is 1.84. The Hall–Kier alpha value is -2.22. The van der Waals surface area contributed by atoms with Gasteiger partial charge in [-0.15, -0.1) is 11.3 Å². The number of anilines is 1. The fourth-order valence-electron chi connectivity index (χ4n) is 2.73. The number of nitrogens with one attached hydrogen (secondary N) is 1. The van der Waals surface area contributed by atoms with Crippen molar-refractivity contribution in [1.29, 1.82) is 0 Å². The standard InChI is InChI=1S/C16H23N7S/c1-13-21-14(12-24-13)4-7-20-15(17-2)22-8-10-23(11-9-22)16-18-5-3-6-19-16/h3,5-6,12H,4,7-11H2,1-2H3,(H,17,20). The first kappa shape index (κ1) is 16.6. The summed E-state index contributed by atoms with van der Waals surface area (Å²) >= 11 is 1.70. The lowest BCUT2D eigenvalue weighted by Gasteiger charge is -2.36. The van der Waals surface area contributed by atoms with Crippen LogP contribution in [0.25, 0.3) is 0 Å². The minimum absolute atomic E-state index is 0.805. The Morgan fingerprint density at radius 3 is 2.62 bits per heavy atom. The van der Waals surface area contributed by atoms with E-state index in [-0.39, 0.29) is 0 Å². The molecule has 3 heterocycles. The highest BCUT2D eigenvalue weighted by molar-refractivity contribution is 7.09. The van der Waals surface area contributed by atoms with Crippen LogP contribution in [0.3, 0.4) is 0 Å². The highest BCUT2D eigenvalue weighted by Crippen LogP contribution is 2.10. The SMILES string of the molecule is CN=C(NCCc1csc(C)n1)N1CCN(c2ncccn2)CC1. The smallest absolute Gasteiger partial charge is 0.225 e. The zero-order chi connectivity index (χ0) is 16.8. The third-order valence-electron chi connectivity index (χ3n) is 3.96. The van der Waals surface area contributed by atoms with Gasteiger partial charge in [-0.3, -0.25) is 4.99 Å². The first-order valence-electron chi connectivity index (χ1n) is 8.15. The van der Waals surface area contributed by atoms with E-state index < -0.39 is 0 Å². The van der Waals surface area contributed by atoms with Crippen LogP contribution in [-0.2, 0) is 6.42 Å². The van der Waals surface area contributed by atoms with Gasteiger partial charge in [-0.2, -0.15) is 0 Å². The molecule has 1 fully saturated rings. The average Bonchev–Trinajstić information content (AvgIpc) is 3.05. The summed E-state index contributed by atoms with van der Waals surface area (Å²) in [4.78, 5) is 22.0. The molecule has 24 heavy (non-hydrogen) atoms. The van der Waals surface area contributed by atoms with Crippen molar-refractivity contribution in [3.8, 4) is 0 Å².